The first kappa shape index (κ1) is 13.4. The van der Waals surface area contributed by atoms with Crippen molar-refractivity contribution in [3.8, 4) is 11.4 Å². The number of aromatic amines is 1. The zero-order valence-corrected chi connectivity index (χ0v) is 12.1. The summed E-state index contributed by atoms with van der Waals surface area (Å²) in [7, 11) is 1.57. The Morgan fingerprint density at radius 2 is 2.00 bits per heavy atom. The lowest BCUT2D eigenvalue weighted by Gasteiger charge is -2.10. The lowest BCUT2D eigenvalue weighted by atomic mass is 10.2. The number of nitrogen functional groups attached to an aromatic ring is 1. The van der Waals surface area contributed by atoms with Gasteiger partial charge in [0.05, 0.1) is 29.4 Å². The molecule has 0 aliphatic rings. The number of anilines is 1. The minimum absolute atomic E-state index is 0.214. The number of nitrogens with zero attached hydrogens (tertiary/aromatic N) is 1. The van der Waals surface area contributed by atoms with Gasteiger partial charge >= 0.3 is 0 Å². The summed E-state index contributed by atoms with van der Waals surface area (Å²) in [6.45, 7) is 0. The highest BCUT2D eigenvalue weighted by Crippen LogP contribution is 2.19. The molecule has 21 heavy (non-hydrogen) atoms. The number of hydrogen-bond donors (Lipinski definition) is 2. The topological polar surface area (TPSA) is 73.0 Å². The average molecular weight is 299 g/mol. The molecule has 1 heterocycles. The number of para-hydroxylation sites is 2. The quantitative estimate of drug-likeness (QED) is 0.563. The molecule has 5 nitrogen and oxygen atoms in total. The van der Waals surface area contributed by atoms with E-state index in [4.69, 9.17) is 22.7 Å². The third-order valence-electron chi connectivity index (χ3n) is 3.28. The maximum Gasteiger partial charge on any atom is 0.266 e. The van der Waals surface area contributed by atoms with Crippen molar-refractivity contribution in [2.45, 2.75) is 0 Å². The van der Waals surface area contributed by atoms with E-state index >= 15 is 0 Å². The Hall–Kier alpha value is -2.60. The van der Waals surface area contributed by atoms with Gasteiger partial charge in [0.15, 0.2) is 4.77 Å². The molecule has 0 fully saturated rings. The molecular formula is C15H13N3O2S. The van der Waals surface area contributed by atoms with Crippen LogP contribution in [0.1, 0.15) is 0 Å². The Labute approximate surface area is 125 Å². The van der Waals surface area contributed by atoms with Gasteiger partial charge in [-0.2, -0.15) is 0 Å². The average Bonchev–Trinajstić information content (AvgIpc) is 2.48. The molecule has 106 valence electrons. The Morgan fingerprint density at radius 1 is 1.24 bits per heavy atom. The van der Waals surface area contributed by atoms with Gasteiger partial charge in [-0.3, -0.25) is 9.36 Å². The molecule has 2 aromatic carbocycles. The number of methoxy groups -OCH3 is 1. The minimum atomic E-state index is -0.214. The second-order valence-electron chi connectivity index (χ2n) is 4.54. The van der Waals surface area contributed by atoms with Crippen LogP contribution < -0.4 is 16.0 Å². The van der Waals surface area contributed by atoms with Crippen LogP contribution in [-0.2, 0) is 0 Å². The van der Waals surface area contributed by atoms with Crippen molar-refractivity contribution in [2.24, 2.45) is 0 Å². The van der Waals surface area contributed by atoms with Crippen LogP contribution in [0.4, 0.5) is 5.69 Å². The second-order valence-corrected chi connectivity index (χ2v) is 4.93. The van der Waals surface area contributed by atoms with E-state index in [2.05, 4.69) is 4.98 Å². The van der Waals surface area contributed by atoms with Crippen LogP contribution in [0.15, 0.2) is 47.3 Å². The molecule has 0 aliphatic carbocycles. The van der Waals surface area contributed by atoms with E-state index in [9.17, 15) is 4.79 Å². The Kier molecular flexibility index (Phi) is 3.23. The summed E-state index contributed by atoms with van der Waals surface area (Å²) in [5.41, 5.74) is 7.42. The van der Waals surface area contributed by atoms with E-state index < -0.39 is 0 Å². The molecule has 0 bridgehead atoms. The molecule has 0 saturated heterocycles. The van der Waals surface area contributed by atoms with Crippen molar-refractivity contribution in [3.05, 3.63) is 57.6 Å². The summed E-state index contributed by atoms with van der Waals surface area (Å²) in [6, 6.07) is 12.3. The van der Waals surface area contributed by atoms with Gasteiger partial charge in [0, 0.05) is 6.07 Å². The van der Waals surface area contributed by atoms with Gasteiger partial charge in [-0.05, 0) is 36.5 Å². The fourth-order valence-electron chi connectivity index (χ4n) is 2.23. The standard InChI is InChI=1S/C15H13N3O2S/c1-20-9-6-7-10-12(8-9)17-15(21)18(14(10)19)13-5-3-2-4-11(13)16/h2-8H,16H2,1H3,(H,17,21). The highest BCUT2D eigenvalue weighted by atomic mass is 32.1. The van der Waals surface area contributed by atoms with Gasteiger partial charge in [-0.15, -0.1) is 0 Å². The van der Waals surface area contributed by atoms with E-state index in [1.165, 1.54) is 4.57 Å². The van der Waals surface area contributed by atoms with E-state index in [-0.39, 0.29) is 5.56 Å². The van der Waals surface area contributed by atoms with Crippen molar-refractivity contribution >= 4 is 28.8 Å². The number of aromatic nitrogens is 2. The number of nitrogens with one attached hydrogen (secondary N) is 1. The number of H-pyrrole nitrogens is 1. The Bertz CT molecular complexity index is 944. The van der Waals surface area contributed by atoms with Gasteiger partial charge in [-0.25, -0.2) is 0 Å². The monoisotopic (exact) mass is 299 g/mol. The van der Waals surface area contributed by atoms with Gasteiger partial charge in [0.2, 0.25) is 0 Å². The minimum Gasteiger partial charge on any atom is -0.497 e. The molecule has 0 saturated carbocycles. The Balaban J connectivity index is 2.39. The largest absolute Gasteiger partial charge is 0.497 e. The van der Waals surface area contributed by atoms with Crippen LogP contribution in [0.2, 0.25) is 0 Å². The van der Waals surface area contributed by atoms with Gasteiger partial charge < -0.3 is 15.5 Å². The predicted molar refractivity (Wildman–Crippen MR) is 85.7 cm³/mol. The molecule has 6 heteroatoms. The zero-order chi connectivity index (χ0) is 15.0. The van der Waals surface area contributed by atoms with Crippen LogP contribution in [-0.4, -0.2) is 16.7 Å². The van der Waals surface area contributed by atoms with Crippen molar-refractivity contribution in [2.75, 3.05) is 12.8 Å². The van der Waals surface area contributed by atoms with E-state index in [1.807, 2.05) is 12.1 Å². The number of rotatable bonds is 2. The number of fused-ring (bicyclic) bond motifs is 1. The molecule has 3 aromatic rings. The zero-order valence-electron chi connectivity index (χ0n) is 11.3. The summed E-state index contributed by atoms with van der Waals surface area (Å²) >= 11 is 5.30. The van der Waals surface area contributed by atoms with E-state index in [0.717, 1.165) is 0 Å². The third kappa shape index (κ3) is 2.19. The predicted octanol–water partition coefficient (Wildman–Crippen LogP) is 2.64. The summed E-state index contributed by atoms with van der Waals surface area (Å²) in [5, 5.41) is 0.521. The van der Waals surface area contributed by atoms with Crippen molar-refractivity contribution < 1.29 is 4.74 Å². The SMILES string of the molecule is COc1ccc2c(=O)n(-c3ccccc3N)c(=S)[nH]c2c1. The highest BCUT2D eigenvalue weighted by Gasteiger charge is 2.10. The molecule has 0 unspecified atom stereocenters. The normalized spacial score (nSPS) is 10.7. The third-order valence-corrected chi connectivity index (χ3v) is 3.57. The van der Waals surface area contributed by atoms with E-state index in [1.54, 1.807) is 37.4 Å². The molecule has 0 spiro atoms. The molecule has 0 atom stereocenters. The molecule has 3 N–H and O–H groups in total. The number of benzene rings is 2. The fourth-order valence-corrected chi connectivity index (χ4v) is 2.53. The molecule has 0 amide bonds. The lowest BCUT2D eigenvalue weighted by Crippen LogP contribution is -2.21. The Morgan fingerprint density at radius 3 is 2.71 bits per heavy atom. The van der Waals surface area contributed by atoms with Crippen molar-refractivity contribution in [1.82, 2.24) is 9.55 Å². The van der Waals surface area contributed by atoms with Crippen LogP contribution in [0.3, 0.4) is 0 Å². The number of nitrogens with two attached hydrogens (primary N) is 1. The van der Waals surface area contributed by atoms with Crippen LogP contribution in [0, 0.1) is 4.77 Å². The first-order valence-electron chi connectivity index (χ1n) is 6.30. The fraction of sp³-hybridized carbons (Fsp3) is 0.0667. The smallest absolute Gasteiger partial charge is 0.266 e. The van der Waals surface area contributed by atoms with Crippen LogP contribution in [0.5, 0.6) is 5.75 Å². The maximum absolute atomic E-state index is 12.7. The number of hydrogen-bond acceptors (Lipinski definition) is 4. The first-order chi connectivity index (χ1) is 10.1. The number of ether oxygens (including phenoxy) is 1. The summed E-state index contributed by atoms with van der Waals surface area (Å²) in [6.07, 6.45) is 0. The van der Waals surface area contributed by atoms with Crippen LogP contribution in [0.25, 0.3) is 16.6 Å². The summed E-state index contributed by atoms with van der Waals surface area (Å²) < 4.78 is 6.85. The van der Waals surface area contributed by atoms with E-state index in [0.29, 0.717) is 32.8 Å². The first-order valence-corrected chi connectivity index (χ1v) is 6.70. The summed E-state index contributed by atoms with van der Waals surface area (Å²) in [4.78, 5) is 15.7. The summed E-state index contributed by atoms with van der Waals surface area (Å²) in [5.74, 6) is 0.657. The van der Waals surface area contributed by atoms with Gasteiger partial charge in [0.25, 0.3) is 5.56 Å². The molecule has 3 rings (SSSR count). The van der Waals surface area contributed by atoms with Crippen molar-refractivity contribution in [1.29, 1.82) is 0 Å². The molecule has 0 radical (unpaired) electrons. The molecule has 0 aliphatic heterocycles. The lowest BCUT2D eigenvalue weighted by molar-refractivity contribution is 0.415. The maximum atomic E-state index is 12.7. The van der Waals surface area contributed by atoms with Crippen molar-refractivity contribution in [3.63, 3.8) is 0 Å². The molecular weight excluding hydrogens is 286 g/mol. The second kappa shape index (κ2) is 5.06. The van der Waals surface area contributed by atoms with Crippen LogP contribution >= 0.6 is 12.2 Å². The highest BCUT2D eigenvalue weighted by molar-refractivity contribution is 7.71. The molecule has 1 aromatic heterocycles. The van der Waals surface area contributed by atoms with Gasteiger partial charge in [-0.1, -0.05) is 12.1 Å². The van der Waals surface area contributed by atoms with Gasteiger partial charge in [0.1, 0.15) is 5.75 Å².